The van der Waals surface area contributed by atoms with Crippen LogP contribution in [0, 0.1) is 3.57 Å². The van der Waals surface area contributed by atoms with E-state index >= 15 is 0 Å². The summed E-state index contributed by atoms with van der Waals surface area (Å²) in [6.07, 6.45) is 0. The lowest BCUT2D eigenvalue weighted by Crippen LogP contribution is -1.84. The first-order valence-corrected chi connectivity index (χ1v) is 5.07. The van der Waals surface area contributed by atoms with E-state index in [1.807, 2.05) is 24.3 Å². The Morgan fingerprint density at radius 1 is 1.29 bits per heavy atom. The van der Waals surface area contributed by atoms with Gasteiger partial charge in [-0.15, -0.1) is 0 Å². The minimum Gasteiger partial charge on any atom is -0.388 e. The summed E-state index contributed by atoms with van der Waals surface area (Å²) in [5.41, 5.74) is 0.859. The standard InChI is InChI=1S/C9H7IN2O2/c10-7-3-1-6(2-4-7)9-11-8(5-13)12-14-9/h1-4,13H,5H2. The average molecular weight is 302 g/mol. The summed E-state index contributed by atoms with van der Waals surface area (Å²) in [5, 5.41) is 12.4. The number of rotatable bonds is 2. The molecule has 0 amide bonds. The molecule has 1 heterocycles. The Bertz CT molecular complexity index is 425. The van der Waals surface area contributed by atoms with Crippen LogP contribution in [0.2, 0.25) is 0 Å². The number of aliphatic hydroxyl groups is 1. The van der Waals surface area contributed by atoms with E-state index in [4.69, 9.17) is 9.63 Å². The highest BCUT2D eigenvalue weighted by molar-refractivity contribution is 14.1. The van der Waals surface area contributed by atoms with Crippen LogP contribution in [-0.4, -0.2) is 15.2 Å². The fourth-order valence-corrected chi connectivity index (χ4v) is 1.39. The second kappa shape index (κ2) is 4.05. The van der Waals surface area contributed by atoms with E-state index in [1.165, 1.54) is 0 Å². The van der Waals surface area contributed by atoms with Gasteiger partial charge in [0.2, 0.25) is 0 Å². The highest BCUT2D eigenvalue weighted by Gasteiger charge is 2.06. The number of aliphatic hydroxyl groups excluding tert-OH is 1. The Morgan fingerprint density at radius 3 is 2.57 bits per heavy atom. The Hall–Kier alpha value is -0.950. The third kappa shape index (κ3) is 1.93. The molecule has 72 valence electrons. The molecule has 0 fully saturated rings. The van der Waals surface area contributed by atoms with E-state index in [0.29, 0.717) is 11.7 Å². The zero-order chi connectivity index (χ0) is 9.97. The second-order valence-electron chi connectivity index (χ2n) is 2.68. The summed E-state index contributed by atoms with van der Waals surface area (Å²) in [6.45, 7) is -0.201. The lowest BCUT2D eigenvalue weighted by molar-refractivity contribution is 0.264. The average Bonchev–Trinajstić information content (AvgIpc) is 2.67. The minimum absolute atomic E-state index is 0.201. The molecule has 0 aliphatic carbocycles. The molecule has 0 aliphatic rings. The van der Waals surface area contributed by atoms with E-state index in [0.717, 1.165) is 9.13 Å². The molecule has 0 saturated heterocycles. The topological polar surface area (TPSA) is 59.2 Å². The molecule has 5 heteroatoms. The van der Waals surface area contributed by atoms with Crippen molar-refractivity contribution in [2.75, 3.05) is 0 Å². The number of halogens is 1. The Kier molecular flexibility index (Phi) is 2.78. The van der Waals surface area contributed by atoms with Crippen molar-refractivity contribution >= 4 is 22.6 Å². The quantitative estimate of drug-likeness (QED) is 0.860. The summed E-state index contributed by atoms with van der Waals surface area (Å²) < 4.78 is 6.10. The molecule has 0 bridgehead atoms. The maximum absolute atomic E-state index is 8.76. The van der Waals surface area contributed by atoms with Crippen LogP contribution < -0.4 is 0 Å². The Balaban J connectivity index is 2.34. The van der Waals surface area contributed by atoms with Gasteiger partial charge in [0.1, 0.15) is 6.61 Å². The molecule has 2 rings (SSSR count). The zero-order valence-electron chi connectivity index (χ0n) is 7.14. The van der Waals surface area contributed by atoms with E-state index < -0.39 is 0 Å². The molecule has 4 nitrogen and oxygen atoms in total. The van der Waals surface area contributed by atoms with E-state index in [1.54, 1.807) is 0 Å². The molecule has 0 aliphatic heterocycles. The third-order valence-electron chi connectivity index (χ3n) is 1.70. The van der Waals surface area contributed by atoms with Gasteiger partial charge in [0.25, 0.3) is 5.89 Å². The molecule has 1 N–H and O–H groups in total. The van der Waals surface area contributed by atoms with E-state index in [9.17, 15) is 0 Å². The van der Waals surface area contributed by atoms with Crippen LogP contribution in [0.1, 0.15) is 5.82 Å². The smallest absolute Gasteiger partial charge is 0.258 e. The molecule has 0 spiro atoms. The van der Waals surface area contributed by atoms with Crippen LogP contribution in [0.4, 0.5) is 0 Å². The third-order valence-corrected chi connectivity index (χ3v) is 2.42. The molecule has 0 unspecified atom stereocenters. The van der Waals surface area contributed by atoms with Crippen molar-refractivity contribution in [1.29, 1.82) is 0 Å². The van der Waals surface area contributed by atoms with Crippen molar-refractivity contribution in [3.05, 3.63) is 33.7 Å². The molecule has 0 radical (unpaired) electrons. The molecular weight excluding hydrogens is 295 g/mol. The van der Waals surface area contributed by atoms with Gasteiger partial charge in [-0.25, -0.2) is 0 Å². The predicted molar refractivity (Wildman–Crippen MR) is 58.4 cm³/mol. The highest BCUT2D eigenvalue weighted by atomic mass is 127. The van der Waals surface area contributed by atoms with Gasteiger partial charge in [-0.1, -0.05) is 5.16 Å². The fraction of sp³-hybridized carbons (Fsp3) is 0.111. The summed E-state index contributed by atoms with van der Waals surface area (Å²) in [6, 6.07) is 7.71. The van der Waals surface area contributed by atoms with Crippen molar-refractivity contribution in [3.63, 3.8) is 0 Å². The molecule has 1 aromatic carbocycles. The number of aromatic nitrogens is 2. The van der Waals surface area contributed by atoms with Gasteiger partial charge in [0.05, 0.1) is 0 Å². The van der Waals surface area contributed by atoms with E-state index in [2.05, 4.69) is 32.7 Å². The van der Waals surface area contributed by atoms with Gasteiger partial charge in [-0.3, -0.25) is 0 Å². The van der Waals surface area contributed by atoms with Crippen LogP contribution in [0.5, 0.6) is 0 Å². The second-order valence-corrected chi connectivity index (χ2v) is 3.93. The monoisotopic (exact) mass is 302 g/mol. The van der Waals surface area contributed by atoms with E-state index in [-0.39, 0.29) is 6.61 Å². The normalized spacial score (nSPS) is 10.4. The van der Waals surface area contributed by atoms with Crippen molar-refractivity contribution in [2.45, 2.75) is 6.61 Å². The first-order valence-electron chi connectivity index (χ1n) is 3.99. The molecule has 2 aromatic rings. The summed E-state index contributed by atoms with van der Waals surface area (Å²) in [7, 11) is 0. The molecule has 0 atom stereocenters. The van der Waals surface area contributed by atoms with Crippen LogP contribution in [0.15, 0.2) is 28.8 Å². The van der Waals surface area contributed by atoms with Crippen LogP contribution in [0.3, 0.4) is 0 Å². The highest BCUT2D eigenvalue weighted by Crippen LogP contribution is 2.18. The SMILES string of the molecule is OCc1noc(-c2ccc(I)cc2)n1. The maximum Gasteiger partial charge on any atom is 0.258 e. The number of hydrogen-bond donors (Lipinski definition) is 1. The summed E-state index contributed by atoms with van der Waals surface area (Å²) in [5.74, 6) is 0.740. The summed E-state index contributed by atoms with van der Waals surface area (Å²) in [4.78, 5) is 4.00. The number of nitrogens with zero attached hydrogens (tertiary/aromatic N) is 2. The maximum atomic E-state index is 8.76. The van der Waals surface area contributed by atoms with Crippen molar-refractivity contribution in [1.82, 2.24) is 10.1 Å². The fourth-order valence-electron chi connectivity index (χ4n) is 1.03. The lowest BCUT2D eigenvalue weighted by atomic mass is 10.2. The van der Waals surface area contributed by atoms with Gasteiger partial charge < -0.3 is 9.63 Å². The first-order chi connectivity index (χ1) is 6.79. The van der Waals surface area contributed by atoms with Crippen LogP contribution >= 0.6 is 22.6 Å². The van der Waals surface area contributed by atoms with Gasteiger partial charge in [0, 0.05) is 9.13 Å². The van der Waals surface area contributed by atoms with Gasteiger partial charge in [-0.05, 0) is 46.9 Å². The first kappa shape index (κ1) is 9.60. The lowest BCUT2D eigenvalue weighted by Gasteiger charge is -1.93. The molecular formula is C9H7IN2O2. The number of benzene rings is 1. The molecule has 0 saturated carbocycles. The largest absolute Gasteiger partial charge is 0.388 e. The summed E-state index contributed by atoms with van der Waals surface area (Å²) >= 11 is 2.22. The van der Waals surface area contributed by atoms with Crippen molar-refractivity contribution in [3.8, 4) is 11.5 Å². The zero-order valence-corrected chi connectivity index (χ0v) is 9.30. The Labute approximate surface area is 94.1 Å². The van der Waals surface area contributed by atoms with Crippen molar-refractivity contribution < 1.29 is 9.63 Å². The molecule has 14 heavy (non-hydrogen) atoms. The minimum atomic E-state index is -0.201. The van der Waals surface area contributed by atoms with Gasteiger partial charge >= 0.3 is 0 Å². The van der Waals surface area contributed by atoms with Crippen molar-refractivity contribution in [2.24, 2.45) is 0 Å². The van der Waals surface area contributed by atoms with Crippen LogP contribution in [-0.2, 0) is 6.61 Å². The number of hydrogen-bond acceptors (Lipinski definition) is 4. The van der Waals surface area contributed by atoms with Crippen LogP contribution in [0.25, 0.3) is 11.5 Å². The predicted octanol–water partition coefficient (Wildman–Crippen LogP) is 1.83. The van der Waals surface area contributed by atoms with Gasteiger partial charge in [0.15, 0.2) is 5.82 Å². The van der Waals surface area contributed by atoms with Gasteiger partial charge in [-0.2, -0.15) is 4.98 Å². The Morgan fingerprint density at radius 2 is 2.00 bits per heavy atom. The molecule has 1 aromatic heterocycles.